The molecular formula is C17H23ClO7. The number of carbonyl (C=O) groups is 4. The minimum absolute atomic E-state index is 0.0588. The molecule has 0 bridgehead atoms. The molecule has 8 heteroatoms. The maximum atomic E-state index is 12.4. The van der Waals surface area contributed by atoms with Crippen LogP contribution in [-0.2, 0) is 28.7 Å². The van der Waals surface area contributed by atoms with Gasteiger partial charge < -0.3 is 14.6 Å². The minimum atomic E-state index is -2.01. The van der Waals surface area contributed by atoms with Crippen molar-refractivity contribution in [2.45, 2.75) is 50.8 Å². The van der Waals surface area contributed by atoms with Crippen LogP contribution in [0.15, 0.2) is 11.3 Å². The van der Waals surface area contributed by atoms with Crippen molar-refractivity contribution in [2.75, 3.05) is 14.2 Å². The van der Waals surface area contributed by atoms with Crippen LogP contribution in [0.1, 0.15) is 46.0 Å². The third-order valence-corrected chi connectivity index (χ3v) is 5.23. The Morgan fingerprint density at radius 1 is 1.12 bits per heavy atom. The number of ether oxygens (including phenoxy) is 2. The first kappa shape index (κ1) is 21.2. The number of methoxy groups -OCH3 is 2. The Labute approximate surface area is 151 Å². The van der Waals surface area contributed by atoms with Crippen molar-refractivity contribution < 1.29 is 33.8 Å². The molecule has 1 aliphatic rings. The first-order chi connectivity index (χ1) is 11.5. The molecule has 0 unspecified atom stereocenters. The molecule has 1 N–H and O–H groups in total. The quantitative estimate of drug-likeness (QED) is 0.315. The van der Waals surface area contributed by atoms with Crippen molar-refractivity contribution in [3.8, 4) is 0 Å². The predicted molar refractivity (Wildman–Crippen MR) is 89.2 cm³/mol. The van der Waals surface area contributed by atoms with E-state index in [-0.39, 0.29) is 19.3 Å². The number of alkyl halides is 1. The maximum Gasteiger partial charge on any atom is 0.335 e. The third kappa shape index (κ3) is 4.03. The Bertz CT molecular complexity index is 620. The lowest BCUT2D eigenvalue weighted by atomic mass is 9.67. The number of Topliss-reactive ketones (excluding diaryl/α,β-unsaturated/α-hetero) is 2. The van der Waals surface area contributed by atoms with Crippen LogP contribution in [0.3, 0.4) is 0 Å². The SMILES string of the molecule is COC(=O)CCCCC(=O)C1=C(O)[C@](Cl)(C(=O)OC)C(C)(C)CC1=O. The Morgan fingerprint density at radius 3 is 2.20 bits per heavy atom. The number of hydrogen-bond acceptors (Lipinski definition) is 7. The number of halogens is 1. The first-order valence-electron chi connectivity index (χ1n) is 7.87. The lowest BCUT2D eigenvalue weighted by Crippen LogP contribution is -2.54. The molecule has 25 heavy (non-hydrogen) atoms. The van der Waals surface area contributed by atoms with Crippen molar-refractivity contribution in [1.82, 2.24) is 0 Å². The zero-order valence-electron chi connectivity index (χ0n) is 14.8. The highest BCUT2D eigenvalue weighted by Crippen LogP contribution is 2.50. The van der Waals surface area contributed by atoms with E-state index in [4.69, 9.17) is 11.6 Å². The van der Waals surface area contributed by atoms with Gasteiger partial charge in [-0.05, 0) is 12.8 Å². The monoisotopic (exact) mass is 374 g/mol. The summed E-state index contributed by atoms with van der Waals surface area (Å²) in [6, 6.07) is 0. The van der Waals surface area contributed by atoms with Gasteiger partial charge in [-0.25, -0.2) is 4.79 Å². The van der Waals surface area contributed by atoms with Crippen molar-refractivity contribution >= 4 is 35.1 Å². The molecule has 1 aliphatic carbocycles. The van der Waals surface area contributed by atoms with Gasteiger partial charge in [0.2, 0.25) is 4.87 Å². The lowest BCUT2D eigenvalue weighted by molar-refractivity contribution is -0.148. The molecule has 0 saturated carbocycles. The van der Waals surface area contributed by atoms with Gasteiger partial charge in [-0.15, -0.1) is 0 Å². The molecular weight excluding hydrogens is 352 g/mol. The summed E-state index contributed by atoms with van der Waals surface area (Å²) in [5.41, 5.74) is -1.59. The molecule has 0 amide bonds. The molecule has 0 aliphatic heterocycles. The summed E-state index contributed by atoms with van der Waals surface area (Å²) in [6.45, 7) is 3.09. The van der Waals surface area contributed by atoms with E-state index < -0.39 is 45.1 Å². The van der Waals surface area contributed by atoms with Crippen LogP contribution in [-0.4, -0.2) is 47.7 Å². The van der Waals surface area contributed by atoms with Gasteiger partial charge in [0.1, 0.15) is 11.3 Å². The molecule has 1 rings (SSSR count). The summed E-state index contributed by atoms with van der Waals surface area (Å²) < 4.78 is 9.16. The highest BCUT2D eigenvalue weighted by molar-refractivity contribution is 6.39. The zero-order chi connectivity index (χ0) is 19.4. The van der Waals surface area contributed by atoms with Gasteiger partial charge in [0, 0.05) is 24.7 Å². The predicted octanol–water partition coefficient (Wildman–Crippen LogP) is 2.25. The van der Waals surface area contributed by atoms with Crippen molar-refractivity contribution in [1.29, 1.82) is 0 Å². The number of allylic oxidation sites excluding steroid dienone is 1. The number of ketones is 2. The molecule has 0 radical (unpaired) electrons. The van der Waals surface area contributed by atoms with Crippen LogP contribution in [0, 0.1) is 5.41 Å². The molecule has 1 atom stereocenters. The fourth-order valence-corrected chi connectivity index (χ4v) is 3.06. The van der Waals surface area contributed by atoms with E-state index in [1.165, 1.54) is 7.11 Å². The summed E-state index contributed by atoms with van der Waals surface area (Å²) in [6.07, 6.45) is 0.636. The summed E-state index contributed by atoms with van der Waals surface area (Å²) in [7, 11) is 2.38. The number of aliphatic hydroxyl groups is 1. The standard InChI is InChI=1S/C17H23ClO7/c1-16(2)9-11(20)13(14(22)17(16,18)15(23)25-4)10(19)7-5-6-8-12(21)24-3/h22H,5-9H2,1-4H3/t17-/m0/s1. The number of hydrogen-bond donors (Lipinski definition) is 1. The first-order valence-corrected chi connectivity index (χ1v) is 8.25. The largest absolute Gasteiger partial charge is 0.509 e. The fourth-order valence-electron chi connectivity index (χ4n) is 2.82. The lowest BCUT2D eigenvalue weighted by Gasteiger charge is -2.42. The Morgan fingerprint density at radius 2 is 1.68 bits per heavy atom. The Kier molecular flexibility index (Phi) is 6.76. The molecule has 0 aromatic heterocycles. The molecule has 0 saturated heterocycles. The van der Waals surface area contributed by atoms with Crippen LogP contribution < -0.4 is 0 Å². The third-order valence-electron chi connectivity index (χ3n) is 4.38. The molecule has 0 heterocycles. The van der Waals surface area contributed by atoms with Crippen molar-refractivity contribution in [3.63, 3.8) is 0 Å². The summed E-state index contributed by atoms with van der Waals surface area (Å²) in [5.74, 6) is -3.27. The average molecular weight is 375 g/mol. The van der Waals surface area contributed by atoms with E-state index >= 15 is 0 Å². The normalized spacial score (nSPS) is 22.5. The van der Waals surface area contributed by atoms with Crippen LogP contribution in [0.25, 0.3) is 0 Å². The molecule has 140 valence electrons. The van der Waals surface area contributed by atoms with Crippen LogP contribution in [0.4, 0.5) is 0 Å². The molecule has 0 aromatic rings. The minimum Gasteiger partial charge on any atom is -0.509 e. The van der Waals surface area contributed by atoms with E-state index in [1.54, 1.807) is 13.8 Å². The van der Waals surface area contributed by atoms with Gasteiger partial charge in [-0.3, -0.25) is 14.4 Å². The van der Waals surface area contributed by atoms with E-state index in [0.29, 0.717) is 12.8 Å². The zero-order valence-corrected chi connectivity index (χ0v) is 15.6. The van der Waals surface area contributed by atoms with Gasteiger partial charge in [-0.2, -0.15) is 0 Å². The van der Waals surface area contributed by atoms with Crippen molar-refractivity contribution in [3.05, 3.63) is 11.3 Å². The maximum absolute atomic E-state index is 12.4. The molecule has 0 aromatic carbocycles. The number of rotatable bonds is 7. The second kappa shape index (κ2) is 7.99. The van der Waals surface area contributed by atoms with Gasteiger partial charge in [0.15, 0.2) is 11.6 Å². The topological polar surface area (TPSA) is 107 Å². The van der Waals surface area contributed by atoms with Crippen LogP contribution >= 0.6 is 11.6 Å². The van der Waals surface area contributed by atoms with Gasteiger partial charge >= 0.3 is 11.9 Å². The number of esters is 2. The summed E-state index contributed by atoms with van der Waals surface area (Å²) in [5, 5.41) is 10.5. The number of carbonyl (C=O) groups excluding carboxylic acids is 4. The average Bonchev–Trinajstić information content (AvgIpc) is 2.55. The van der Waals surface area contributed by atoms with E-state index in [0.717, 1.165) is 7.11 Å². The number of aliphatic hydroxyl groups excluding tert-OH is 1. The van der Waals surface area contributed by atoms with Crippen LogP contribution in [0.5, 0.6) is 0 Å². The van der Waals surface area contributed by atoms with E-state index in [9.17, 15) is 24.3 Å². The summed E-state index contributed by atoms with van der Waals surface area (Å²) in [4.78, 5) is 45.9. The molecule has 7 nitrogen and oxygen atoms in total. The Hall–Kier alpha value is -1.89. The second-order valence-electron chi connectivity index (χ2n) is 6.56. The second-order valence-corrected chi connectivity index (χ2v) is 7.13. The van der Waals surface area contributed by atoms with E-state index in [1.807, 2.05) is 0 Å². The summed E-state index contributed by atoms with van der Waals surface area (Å²) >= 11 is 6.35. The Balaban J connectivity index is 3.05. The van der Waals surface area contributed by atoms with Gasteiger partial charge in [0.25, 0.3) is 0 Å². The molecule has 0 spiro atoms. The van der Waals surface area contributed by atoms with Gasteiger partial charge in [0.05, 0.1) is 14.2 Å². The molecule has 0 fully saturated rings. The smallest absolute Gasteiger partial charge is 0.335 e. The van der Waals surface area contributed by atoms with Crippen molar-refractivity contribution in [2.24, 2.45) is 5.41 Å². The highest BCUT2D eigenvalue weighted by Gasteiger charge is 2.60. The number of unbranched alkanes of at least 4 members (excludes halogenated alkanes) is 1. The van der Waals surface area contributed by atoms with Gasteiger partial charge in [-0.1, -0.05) is 25.4 Å². The highest BCUT2D eigenvalue weighted by atomic mass is 35.5. The van der Waals surface area contributed by atoms with E-state index in [2.05, 4.69) is 9.47 Å². The fraction of sp³-hybridized carbons (Fsp3) is 0.647. The van der Waals surface area contributed by atoms with Crippen LogP contribution in [0.2, 0.25) is 0 Å².